The fraction of sp³-hybridized carbons (Fsp3) is 0.294. The number of nitrogens with two attached hydrogens (primary N) is 1. The Labute approximate surface area is 134 Å². The van der Waals surface area contributed by atoms with Crippen LogP contribution in [0.5, 0.6) is 11.5 Å². The van der Waals surface area contributed by atoms with Gasteiger partial charge in [-0.3, -0.25) is 4.79 Å². The highest BCUT2D eigenvalue weighted by Crippen LogP contribution is 2.32. The topological polar surface area (TPSA) is 86.5 Å². The average Bonchev–Trinajstić information content (AvgIpc) is 2.93. The van der Waals surface area contributed by atoms with Crippen molar-refractivity contribution in [3.05, 3.63) is 46.6 Å². The number of carbonyl (C=O) groups is 1. The van der Waals surface area contributed by atoms with Gasteiger partial charge in [0.15, 0.2) is 11.5 Å². The van der Waals surface area contributed by atoms with Crippen molar-refractivity contribution in [2.24, 2.45) is 5.73 Å². The van der Waals surface area contributed by atoms with Gasteiger partial charge in [-0.1, -0.05) is 6.07 Å². The third-order valence-corrected chi connectivity index (χ3v) is 3.73. The minimum Gasteiger partial charge on any atom is -0.454 e. The summed E-state index contributed by atoms with van der Waals surface area (Å²) in [7, 11) is 0. The van der Waals surface area contributed by atoms with Crippen molar-refractivity contribution in [3.8, 4) is 11.5 Å². The van der Waals surface area contributed by atoms with Crippen LogP contribution in [0.4, 0.5) is 5.82 Å². The van der Waals surface area contributed by atoms with E-state index < -0.39 is 5.91 Å². The minimum atomic E-state index is -0.472. The van der Waals surface area contributed by atoms with Crippen LogP contribution in [0.25, 0.3) is 0 Å². The minimum absolute atomic E-state index is 0.269. The average molecular weight is 313 g/mol. The molecular formula is C17H19N3O3. The molecule has 1 aromatic heterocycles. The predicted octanol–water partition coefficient (Wildman–Crippen LogP) is 2.18. The van der Waals surface area contributed by atoms with Gasteiger partial charge in [0.2, 0.25) is 6.79 Å². The molecule has 0 saturated carbocycles. The number of fused-ring (bicyclic) bond motifs is 1. The summed E-state index contributed by atoms with van der Waals surface area (Å²) in [5, 5.41) is 3.21. The highest BCUT2D eigenvalue weighted by Gasteiger charge is 2.15. The summed E-state index contributed by atoms with van der Waals surface area (Å²) in [5.74, 6) is 1.61. The monoisotopic (exact) mass is 313 g/mol. The van der Waals surface area contributed by atoms with E-state index in [2.05, 4.69) is 10.3 Å². The second kappa shape index (κ2) is 6.16. The quantitative estimate of drug-likeness (QED) is 0.883. The second-order valence-corrected chi connectivity index (χ2v) is 5.53. The van der Waals surface area contributed by atoms with Crippen LogP contribution in [0.2, 0.25) is 0 Å². The molecular weight excluding hydrogens is 294 g/mol. The van der Waals surface area contributed by atoms with Crippen molar-refractivity contribution < 1.29 is 14.3 Å². The second-order valence-electron chi connectivity index (χ2n) is 5.53. The molecule has 0 fully saturated rings. The van der Waals surface area contributed by atoms with Gasteiger partial charge in [-0.05, 0) is 49.6 Å². The van der Waals surface area contributed by atoms with Crippen LogP contribution in [0, 0.1) is 13.8 Å². The standard InChI is InChI=1S/C17H19N3O3/c1-10-7-11(2)20-17(15(10)16(18)21)19-6-5-12-3-4-13-14(8-12)23-9-22-13/h3-4,7-8H,5-6,9H2,1-2H3,(H2,18,21)(H,19,20). The summed E-state index contributed by atoms with van der Waals surface area (Å²) < 4.78 is 10.7. The van der Waals surface area contributed by atoms with Gasteiger partial charge in [-0.2, -0.15) is 0 Å². The molecule has 120 valence electrons. The maximum absolute atomic E-state index is 11.6. The van der Waals surface area contributed by atoms with Crippen LogP contribution in [0.1, 0.15) is 27.2 Å². The maximum Gasteiger partial charge on any atom is 0.252 e. The van der Waals surface area contributed by atoms with Crippen molar-refractivity contribution in [3.63, 3.8) is 0 Å². The van der Waals surface area contributed by atoms with Crippen molar-refractivity contribution in [1.82, 2.24) is 4.98 Å². The Morgan fingerprint density at radius 3 is 2.83 bits per heavy atom. The zero-order valence-corrected chi connectivity index (χ0v) is 13.2. The molecule has 0 unspecified atom stereocenters. The fourth-order valence-electron chi connectivity index (χ4n) is 2.70. The maximum atomic E-state index is 11.6. The number of benzene rings is 1. The van der Waals surface area contributed by atoms with Crippen LogP contribution in [0.15, 0.2) is 24.3 Å². The number of primary amides is 1. The van der Waals surface area contributed by atoms with E-state index in [0.29, 0.717) is 17.9 Å². The van der Waals surface area contributed by atoms with Crippen LogP contribution in [-0.2, 0) is 6.42 Å². The number of hydrogen-bond acceptors (Lipinski definition) is 5. The largest absolute Gasteiger partial charge is 0.454 e. The molecule has 6 nitrogen and oxygen atoms in total. The Morgan fingerprint density at radius 1 is 1.26 bits per heavy atom. The summed E-state index contributed by atoms with van der Waals surface area (Å²) in [5.41, 5.74) is 8.70. The lowest BCUT2D eigenvalue weighted by molar-refractivity contribution is 0.1000. The highest BCUT2D eigenvalue weighted by molar-refractivity contribution is 5.99. The number of hydrogen-bond donors (Lipinski definition) is 2. The first-order valence-electron chi connectivity index (χ1n) is 7.45. The normalized spacial score (nSPS) is 12.3. The Morgan fingerprint density at radius 2 is 2.04 bits per heavy atom. The molecule has 2 aromatic rings. The molecule has 1 aliphatic rings. The van der Waals surface area contributed by atoms with Gasteiger partial charge in [-0.15, -0.1) is 0 Å². The molecule has 0 spiro atoms. The first kappa shape index (κ1) is 15.1. The van der Waals surface area contributed by atoms with Gasteiger partial charge in [0.05, 0.1) is 5.56 Å². The van der Waals surface area contributed by atoms with E-state index in [-0.39, 0.29) is 6.79 Å². The molecule has 0 saturated heterocycles. The van der Waals surface area contributed by atoms with Crippen LogP contribution < -0.4 is 20.5 Å². The first-order valence-corrected chi connectivity index (χ1v) is 7.45. The molecule has 3 rings (SSSR count). The molecule has 1 amide bonds. The van der Waals surface area contributed by atoms with E-state index in [1.54, 1.807) is 0 Å². The molecule has 0 aliphatic carbocycles. The number of amides is 1. The summed E-state index contributed by atoms with van der Waals surface area (Å²) in [6.07, 6.45) is 0.767. The molecule has 6 heteroatoms. The van der Waals surface area contributed by atoms with Crippen LogP contribution >= 0.6 is 0 Å². The lowest BCUT2D eigenvalue weighted by Crippen LogP contribution is -2.18. The number of aryl methyl sites for hydroxylation is 2. The van der Waals surface area contributed by atoms with E-state index in [1.165, 1.54) is 0 Å². The van der Waals surface area contributed by atoms with Crippen molar-refractivity contribution >= 4 is 11.7 Å². The van der Waals surface area contributed by atoms with E-state index in [1.807, 2.05) is 38.1 Å². The van der Waals surface area contributed by atoms with Gasteiger partial charge < -0.3 is 20.5 Å². The Bertz CT molecular complexity index is 759. The number of ether oxygens (including phenoxy) is 2. The first-order chi connectivity index (χ1) is 11.0. The van der Waals surface area contributed by atoms with E-state index in [0.717, 1.165) is 34.7 Å². The van der Waals surface area contributed by atoms with Gasteiger partial charge >= 0.3 is 0 Å². The number of nitrogens with zero attached hydrogens (tertiary/aromatic N) is 1. The molecule has 0 atom stereocenters. The van der Waals surface area contributed by atoms with Crippen molar-refractivity contribution in [2.45, 2.75) is 20.3 Å². The van der Waals surface area contributed by atoms with Crippen molar-refractivity contribution in [1.29, 1.82) is 0 Å². The van der Waals surface area contributed by atoms with Gasteiger partial charge in [0, 0.05) is 12.2 Å². The highest BCUT2D eigenvalue weighted by atomic mass is 16.7. The zero-order valence-electron chi connectivity index (χ0n) is 13.2. The zero-order chi connectivity index (χ0) is 16.4. The fourth-order valence-corrected chi connectivity index (χ4v) is 2.70. The Hall–Kier alpha value is -2.76. The molecule has 0 radical (unpaired) electrons. The summed E-state index contributed by atoms with van der Waals surface area (Å²) in [6.45, 7) is 4.65. The molecule has 1 aromatic carbocycles. The van der Waals surface area contributed by atoms with Gasteiger partial charge in [0.1, 0.15) is 5.82 Å². The Kier molecular flexibility index (Phi) is 4.06. The van der Waals surface area contributed by atoms with E-state index in [9.17, 15) is 4.79 Å². The predicted molar refractivity (Wildman–Crippen MR) is 87.0 cm³/mol. The molecule has 0 bridgehead atoms. The molecule has 2 heterocycles. The van der Waals surface area contributed by atoms with Gasteiger partial charge in [-0.25, -0.2) is 4.98 Å². The van der Waals surface area contributed by atoms with E-state index in [4.69, 9.17) is 15.2 Å². The smallest absolute Gasteiger partial charge is 0.252 e. The van der Waals surface area contributed by atoms with E-state index >= 15 is 0 Å². The number of pyridine rings is 1. The van der Waals surface area contributed by atoms with Crippen molar-refractivity contribution in [2.75, 3.05) is 18.7 Å². The summed E-state index contributed by atoms with van der Waals surface area (Å²) in [4.78, 5) is 16.0. The van der Waals surface area contributed by atoms with Crippen LogP contribution in [0.3, 0.4) is 0 Å². The van der Waals surface area contributed by atoms with Gasteiger partial charge in [0.25, 0.3) is 5.91 Å². The number of rotatable bonds is 5. The molecule has 23 heavy (non-hydrogen) atoms. The Balaban J connectivity index is 1.70. The summed E-state index contributed by atoms with van der Waals surface area (Å²) in [6, 6.07) is 7.72. The molecule has 1 aliphatic heterocycles. The number of nitrogens with one attached hydrogen (secondary N) is 1. The third-order valence-electron chi connectivity index (χ3n) is 3.73. The summed E-state index contributed by atoms with van der Waals surface area (Å²) >= 11 is 0. The molecule has 3 N–H and O–H groups in total. The lowest BCUT2D eigenvalue weighted by Gasteiger charge is -2.12. The van der Waals surface area contributed by atoms with Crippen LogP contribution in [-0.4, -0.2) is 24.2 Å². The number of aromatic nitrogens is 1. The third kappa shape index (κ3) is 3.21. The number of carbonyl (C=O) groups excluding carboxylic acids is 1. The SMILES string of the molecule is Cc1cc(C)c(C(N)=O)c(NCCc2ccc3c(c2)OCO3)n1. The number of anilines is 1. The lowest BCUT2D eigenvalue weighted by atomic mass is 10.1.